The zero-order chi connectivity index (χ0) is 14.3. The Kier molecular flexibility index (Phi) is 13.8. The van der Waals surface area contributed by atoms with Crippen LogP contribution >= 0.6 is 24.8 Å². The summed E-state index contributed by atoms with van der Waals surface area (Å²) in [6.07, 6.45) is 3.72. The average Bonchev–Trinajstić information content (AvgIpc) is 2.31. The first kappa shape index (κ1) is 23.2. The van der Waals surface area contributed by atoms with E-state index in [1.807, 2.05) is 6.92 Å². The second-order valence-corrected chi connectivity index (χ2v) is 6.43. The number of halogens is 2. The molecule has 0 bridgehead atoms. The molecule has 128 valence electrons. The Morgan fingerprint density at radius 3 is 2.38 bits per heavy atom. The van der Waals surface area contributed by atoms with Crippen molar-refractivity contribution in [3.05, 3.63) is 0 Å². The van der Waals surface area contributed by atoms with Crippen molar-refractivity contribution in [3.63, 3.8) is 0 Å². The highest BCUT2D eigenvalue weighted by Crippen LogP contribution is 2.20. The molecule has 0 aromatic heterocycles. The van der Waals surface area contributed by atoms with Crippen LogP contribution in [-0.4, -0.2) is 43.0 Å². The monoisotopic (exact) mass is 341 g/mol. The summed E-state index contributed by atoms with van der Waals surface area (Å²) < 4.78 is 0. The first-order valence-corrected chi connectivity index (χ1v) is 7.72. The van der Waals surface area contributed by atoms with Gasteiger partial charge < -0.3 is 16.0 Å². The van der Waals surface area contributed by atoms with Crippen LogP contribution in [0.25, 0.3) is 0 Å². The summed E-state index contributed by atoms with van der Waals surface area (Å²) in [5.74, 6) is 1.76. The Hall–Kier alpha value is -0.0300. The molecule has 1 saturated heterocycles. The number of nitrogens with one attached hydrogen (secondary N) is 1. The molecule has 1 heterocycles. The molecule has 4 nitrogen and oxygen atoms in total. The van der Waals surface area contributed by atoms with Gasteiger partial charge in [-0.15, -0.1) is 24.8 Å². The number of hydrogen-bond donors (Lipinski definition) is 2. The van der Waals surface area contributed by atoms with Gasteiger partial charge in [-0.3, -0.25) is 4.79 Å². The standard InChI is InChI=1S/C15H31N3O.2ClH/c1-12-9-13(2)11-18(10-12)8-4-7-17-15(19)6-5-14(3)16;;/h12-14H,4-11,16H2,1-3H3,(H,17,19);2*1H. The fourth-order valence-corrected chi connectivity index (χ4v) is 2.95. The maximum Gasteiger partial charge on any atom is 0.220 e. The summed E-state index contributed by atoms with van der Waals surface area (Å²) in [6.45, 7) is 10.9. The Morgan fingerprint density at radius 2 is 1.86 bits per heavy atom. The van der Waals surface area contributed by atoms with E-state index in [2.05, 4.69) is 24.1 Å². The third-order valence-corrected chi connectivity index (χ3v) is 3.74. The third-order valence-electron chi connectivity index (χ3n) is 3.74. The van der Waals surface area contributed by atoms with Crippen molar-refractivity contribution in [2.24, 2.45) is 17.6 Å². The molecule has 0 saturated carbocycles. The van der Waals surface area contributed by atoms with Crippen molar-refractivity contribution < 1.29 is 4.79 Å². The molecule has 1 aliphatic rings. The minimum atomic E-state index is 0. The van der Waals surface area contributed by atoms with E-state index >= 15 is 0 Å². The maximum atomic E-state index is 11.5. The number of hydrogen-bond acceptors (Lipinski definition) is 3. The fraction of sp³-hybridized carbons (Fsp3) is 0.933. The van der Waals surface area contributed by atoms with Crippen LogP contribution in [0, 0.1) is 11.8 Å². The minimum Gasteiger partial charge on any atom is -0.356 e. The third kappa shape index (κ3) is 11.2. The number of nitrogens with two attached hydrogens (primary N) is 1. The number of amides is 1. The van der Waals surface area contributed by atoms with Crippen molar-refractivity contribution in [2.45, 2.75) is 52.5 Å². The van der Waals surface area contributed by atoms with Crippen LogP contribution in [0.2, 0.25) is 0 Å². The molecule has 0 aromatic carbocycles. The number of rotatable bonds is 7. The van der Waals surface area contributed by atoms with Gasteiger partial charge in [-0.2, -0.15) is 0 Å². The molecule has 6 heteroatoms. The van der Waals surface area contributed by atoms with Crippen LogP contribution in [-0.2, 0) is 4.79 Å². The molecule has 0 spiro atoms. The van der Waals surface area contributed by atoms with E-state index in [9.17, 15) is 4.79 Å². The quantitative estimate of drug-likeness (QED) is 0.699. The molecular formula is C15H33Cl2N3O. The molecule has 3 N–H and O–H groups in total. The summed E-state index contributed by atoms with van der Waals surface area (Å²) in [7, 11) is 0. The number of carbonyl (C=O) groups is 1. The lowest BCUT2D eigenvalue weighted by atomic mass is 9.92. The van der Waals surface area contributed by atoms with Gasteiger partial charge in [0, 0.05) is 32.1 Å². The van der Waals surface area contributed by atoms with Gasteiger partial charge in [-0.1, -0.05) is 13.8 Å². The predicted molar refractivity (Wildman–Crippen MR) is 94.4 cm³/mol. The van der Waals surface area contributed by atoms with Gasteiger partial charge in [0.25, 0.3) is 0 Å². The molecular weight excluding hydrogens is 309 g/mol. The molecule has 1 amide bonds. The zero-order valence-corrected chi connectivity index (χ0v) is 15.3. The SMILES string of the molecule is CC(N)CCC(=O)NCCCN1CC(C)CC(C)C1.Cl.Cl. The smallest absolute Gasteiger partial charge is 0.220 e. The minimum absolute atomic E-state index is 0. The molecule has 1 fully saturated rings. The van der Waals surface area contributed by atoms with Gasteiger partial charge in [0.05, 0.1) is 0 Å². The van der Waals surface area contributed by atoms with Gasteiger partial charge in [0.2, 0.25) is 5.91 Å². The van der Waals surface area contributed by atoms with E-state index in [1.165, 1.54) is 19.5 Å². The van der Waals surface area contributed by atoms with Crippen molar-refractivity contribution >= 4 is 30.7 Å². The Bertz CT molecular complexity index is 268. The number of carbonyl (C=O) groups excluding carboxylic acids is 1. The van der Waals surface area contributed by atoms with Gasteiger partial charge in [-0.25, -0.2) is 0 Å². The van der Waals surface area contributed by atoms with E-state index in [0.717, 1.165) is 37.8 Å². The number of likely N-dealkylation sites (tertiary alicyclic amines) is 1. The second kappa shape index (κ2) is 12.5. The first-order valence-electron chi connectivity index (χ1n) is 7.72. The number of nitrogens with zero attached hydrogens (tertiary/aromatic N) is 1. The highest BCUT2D eigenvalue weighted by molar-refractivity contribution is 5.85. The average molecular weight is 342 g/mol. The van der Waals surface area contributed by atoms with E-state index in [4.69, 9.17) is 5.73 Å². The summed E-state index contributed by atoms with van der Waals surface area (Å²) in [5, 5.41) is 2.98. The number of piperidine rings is 1. The van der Waals surface area contributed by atoms with E-state index in [0.29, 0.717) is 6.42 Å². The van der Waals surface area contributed by atoms with Crippen LogP contribution in [0.5, 0.6) is 0 Å². The van der Waals surface area contributed by atoms with E-state index in [1.54, 1.807) is 0 Å². The zero-order valence-electron chi connectivity index (χ0n) is 13.6. The lowest BCUT2D eigenvalue weighted by molar-refractivity contribution is -0.121. The van der Waals surface area contributed by atoms with Crippen LogP contribution in [0.1, 0.15) is 46.5 Å². The van der Waals surface area contributed by atoms with Crippen LogP contribution in [0.3, 0.4) is 0 Å². The fourth-order valence-electron chi connectivity index (χ4n) is 2.95. The lowest BCUT2D eigenvalue weighted by Crippen LogP contribution is -2.40. The topological polar surface area (TPSA) is 58.4 Å². The Balaban J connectivity index is 0. The summed E-state index contributed by atoms with van der Waals surface area (Å²) >= 11 is 0. The highest BCUT2D eigenvalue weighted by atomic mass is 35.5. The van der Waals surface area contributed by atoms with Crippen LogP contribution in [0.4, 0.5) is 0 Å². The Labute approximate surface area is 142 Å². The van der Waals surface area contributed by atoms with Gasteiger partial charge in [-0.05, 0) is 44.6 Å². The molecule has 1 rings (SSSR count). The normalized spacial score (nSPS) is 23.6. The molecule has 0 radical (unpaired) electrons. The van der Waals surface area contributed by atoms with Gasteiger partial charge in [0.15, 0.2) is 0 Å². The summed E-state index contributed by atoms with van der Waals surface area (Å²) in [4.78, 5) is 14.1. The van der Waals surface area contributed by atoms with Crippen molar-refractivity contribution in [2.75, 3.05) is 26.2 Å². The highest BCUT2D eigenvalue weighted by Gasteiger charge is 2.20. The molecule has 3 atom stereocenters. The first-order chi connectivity index (χ1) is 8.97. The Morgan fingerprint density at radius 1 is 1.29 bits per heavy atom. The molecule has 21 heavy (non-hydrogen) atoms. The van der Waals surface area contributed by atoms with Crippen LogP contribution < -0.4 is 11.1 Å². The second-order valence-electron chi connectivity index (χ2n) is 6.43. The van der Waals surface area contributed by atoms with Crippen molar-refractivity contribution in [1.82, 2.24) is 10.2 Å². The van der Waals surface area contributed by atoms with Gasteiger partial charge >= 0.3 is 0 Å². The summed E-state index contributed by atoms with van der Waals surface area (Å²) in [5.41, 5.74) is 5.63. The predicted octanol–water partition coefficient (Wildman–Crippen LogP) is 2.44. The lowest BCUT2D eigenvalue weighted by Gasteiger charge is -2.34. The molecule has 0 aromatic rings. The van der Waals surface area contributed by atoms with Crippen molar-refractivity contribution in [1.29, 1.82) is 0 Å². The maximum absolute atomic E-state index is 11.5. The van der Waals surface area contributed by atoms with Gasteiger partial charge in [0.1, 0.15) is 0 Å². The summed E-state index contributed by atoms with van der Waals surface area (Å²) in [6, 6.07) is 0.113. The van der Waals surface area contributed by atoms with Crippen molar-refractivity contribution in [3.8, 4) is 0 Å². The molecule has 3 unspecified atom stereocenters. The van der Waals surface area contributed by atoms with E-state index < -0.39 is 0 Å². The largest absolute Gasteiger partial charge is 0.356 e. The van der Waals surface area contributed by atoms with E-state index in [-0.39, 0.29) is 36.8 Å². The van der Waals surface area contributed by atoms with Crippen LogP contribution in [0.15, 0.2) is 0 Å². The molecule has 0 aliphatic carbocycles. The molecule has 1 aliphatic heterocycles.